The minimum Gasteiger partial charge on any atom is -0.508 e. The van der Waals surface area contributed by atoms with Crippen molar-refractivity contribution in [2.45, 2.75) is 0 Å². The van der Waals surface area contributed by atoms with Gasteiger partial charge in [0.1, 0.15) is 17.6 Å². The van der Waals surface area contributed by atoms with Crippen LogP contribution in [0.3, 0.4) is 0 Å². The number of carbonyl (C=O) groups is 1. The van der Waals surface area contributed by atoms with E-state index < -0.39 is 5.91 Å². The summed E-state index contributed by atoms with van der Waals surface area (Å²) in [7, 11) is 0. The van der Waals surface area contributed by atoms with Crippen molar-refractivity contribution >= 4 is 23.2 Å². The Labute approximate surface area is 119 Å². The van der Waals surface area contributed by atoms with Gasteiger partial charge in [-0.25, -0.2) is 0 Å². The van der Waals surface area contributed by atoms with E-state index in [0.717, 1.165) is 6.07 Å². The van der Waals surface area contributed by atoms with Crippen molar-refractivity contribution in [1.82, 2.24) is 0 Å². The van der Waals surface area contributed by atoms with Crippen LogP contribution in [0, 0.1) is 11.3 Å². The number of nitriles is 1. The molecule has 100 valence electrons. The third-order valence-corrected chi connectivity index (χ3v) is 2.82. The van der Waals surface area contributed by atoms with Crippen LogP contribution in [0.2, 0.25) is 5.02 Å². The summed E-state index contributed by atoms with van der Waals surface area (Å²) in [6, 6.07) is 9.94. The van der Waals surface area contributed by atoms with E-state index in [-0.39, 0.29) is 22.1 Å². The highest BCUT2D eigenvalue weighted by Gasteiger charge is 2.10. The Morgan fingerprint density at radius 2 is 1.80 bits per heavy atom. The van der Waals surface area contributed by atoms with Crippen LogP contribution in [0.15, 0.2) is 36.4 Å². The van der Waals surface area contributed by atoms with Crippen LogP contribution in [0.1, 0.15) is 15.9 Å². The molecular weight excluding hydrogens is 280 g/mol. The van der Waals surface area contributed by atoms with Gasteiger partial charge in [-0.2, -0.15) is 5.26 Å². The van der Waals surface area contributed by atoms with Crippen LogP contribution < -0.4 is 5.32 Å². The van der Waals surface area contributed by atoms with Crippen molar-refractivity contribution in [2.24, 2.45) is 0 Å². The Hall–Kier alpha value is -2.71. The first-order valence-electron chi connectivity index (χ1n) is 5.53. The van der Waals surface area contributed by atoms with Gasteiger partial charge in [0.15, 0.2) is 0 Å². The Morgan fingerprint density at radius 3 is 2.35 bits per heavy atom. The molecule has 0 unspecified atom stereocenters. The van der Waals surface area contributed by atoms with Crippen LogP contribution in [0.5, 0.6) is 11.5 Å². The highest BCUT2D eigenvalue weighted by atomic mass is 35.5. The van der Waals surface area contributed by atoms with E-state index in [2.05, 4.69) is 5.32 Å². The standard InChI is InChI=1S/C14H9ClN2O3/c15-13-5-10(2-1-8(13)7-16)17-14(20)9-3-11(18)6-12(19)4-9/h1-6,18-19H,(H,17,20). The number of anilines is 1. The summed E-state index contributed by atoms with van der Waals surface area (Å²) < 4.78 is 0. The zero-order valence-electron chi connectivity index (χ0n) is 10.1. The molecule has 0 aliphatic heterocycles. The Bertz CT molecular complexity index is 703. The van der Waals surface area contributed by atoms with Crippen molar-refractivity contribution < 1.29 is 15.0 Å². The van der Waals surface area contributed by atoms with E-state index in [1.807, 2.05) is 6.07 Å². The molecule has 0 saturated carbocycles. The van der Waals surface area contributed by atoms with Crippen LogP contribution in [-0.2, 0) is 0 Å². The lowest BCUT2D eigenvalue weighted by atomic mass is 10.1. The fraction of sp³-hybridized carbons (Fsp3) is 0. The molecule has 2 rings (SSSR count). The number of halogens is 1. The molecule has 0 bridgehead atoms. The van der Waals surface area contributed by atoms with Crippen LogP contribution in [-0.4, -0.2) is 16.1 Å². The normalized spacial score (nSPS) is 9.80. The van der Waals surface area contributed by atoms with Crippen molar-refractivity contribution in [3.8, 4) is 17.6 Å². The summed E-state index contributed by atoms with van der Waals surface area (Å²) in [5.74, 6) is -0.946. The Kier molecular flexibility index (Phi) is 3.78. The third kappa shape index (κ3) is 2.99. The van der Waals surface area contributed by atoms with Crippen LogP contribution in [0.25, 0.3) is 0 Å². The van der Waals surface area contributed by atoms with Crippen molar-refractivity contribution in [3.63, 3.8) is 0 Å². The van der Waals surface area contributed by atoms with E-state index in [1.165, 1.54) is 30.3 Å². The molecule has 0 aliphatic carbocycles. The lowest BCUT2D eigenvalue weighted by Crippen LogP contribution is -2.11. The van der Waals surface area contributed by atoms with Gasteiger partial charge < -0.3 is 15.5 Å². The molecule has 20 heavy (non-hydrogen) atoms. The number of hydrogen-bond acceptors (Lipinski definition) is 4. The van der Waals surface area contributed by atoms with E-state index in [9.17, 15) is 15.0 Å². The lowest BCUT2D eigenvalue weighted by molar-refractivity contribution is 0.102. The first kappa shape index (κ1) is 13.7. The molecule has 6 heteroatoms. The summed E-state index contributed by atoms with van der Waals surface area (Å²) in [6.45, 7) is 0. The van der Waals surface area contributed by atoms with Gasteiger partial charge in [0.2, 0.25) is 0 Å². The molecule has 1 amide bonds. The van der Waals surface area contributed by atoms with Crippen molar-refractivity contribution in [1.29, 1.82) is 5.26 Å². The maximum absolute atomic E-state index is 11.9. The third-order valence-electron chi connectivity index (χ3n) is 2.51. The molecule has 3 N–H and O–H groups in total. The minimum absolute atomic E-state index is 0.1000. The van der Waals surface area contributed by atoms with Gasteiger partial charge in [-0.05, 0) is 30.3 Å². The first-order chi connectivity index (χ1) is 9.49. The molecule has 2 aromatic rings. The van der Waals surface area contributed by atoms with Gasteiger partial charge in [0.05, 0.1) is 10.6 Å². The average Bonchev–Trinajstić information content (AvgIpc) is 2.37. The van der Waals surface area contributed by atoms with E-state index in [0.29, 0.717) is 11.3 Å². The molecule has 0 radical (unpaired) electrons. The fourth-order valence-electron chi connectivity index (χ4n) is 1.61. The molecule has 0 aromatic heterocycles. The lowest BCUT2D eigenvalue weighted by Gasteiger charge is -2.07. The second-order valence-corrected chi connectivity index (χ2v) is 4.41. The second kappa shape index (κ2) is 5.51. The molecule has 0 fully saturated rings. The maximum Gasteiger partial charge on any atom is 0.255 e. The van der Waals surface area contributed by atoms with Crippen molar-refractivity contribution in [2.75, 3.05) is 5.32 Å². The first-order valence-corrected chi connectivity index (χ1v) is 5.91. The van der Waals surface area contributed by atoms with Gasteiger partial charge in [-0.1, -0.05) is 11.6 Å². The van der Waals surface area contributed by atoms with Gasteiger partial charge in [0, 0.05) is 17.3 Å². The maximum atomic E-state index is 11.9. The number of aromatic hydroxyl groups is 2. The number of nitrogens with one attached hydrogen (secondary N) is 1. The molecule has 0 heterocycles. The zero-order valence-corrected chi connectivity index (χ0v) is 10.8. The van der Waals surface area contributed by atoms with Gasteiger partial charge >= 0.3 is 0 Å². The van der Waals surface area contributed by atoms with Gasteiger partial charge in [-0.3, -0.25) is 4.79 Å². The monoisotopic (exact) mass is 288 g/mol. The number of nitrogens with zero attached hydrogens (tertiary/aromatic N) is 1. The number of carbonyl (C=O) groups excluding carboxylic acids is 1. The Balaban J connectivity index is 2.23. The smallest absolute Gasteiger partial charge is 0.255 e. The molecule has 0 saturated heterocycles. The topological polar surface area (TPSA) is 93.4 Å². The van der Waals surface area contributed by atoms with Crippen molar-refractivity contribution in [3.05, 3.63) is 52.5 Å². The summed E-state index contributed by atoms with van der Waals surface area (Å²) in [6.07, 6.45) is 0. The highest BCUT2D eigenvalue weighted by molar-refractivity contribution is 6.32. The SMILES string of the molecule is N#Cc1ccc(NC(=O)c2cc(O)cc(O)c2)cc1Cl. The number of hydrogen-bond donors (Lipinski definition) is 3. The second-order valence-electron chi connectivity index (χ2n) is 4.00. The predicted octanol–water partition coefficient (Wildman–Crippen LogP) is 2.88. The Morgan fingerprint density at radius 1 is 1.15 bits per heavy atom. The van der Waals surface area contributed by atoms with E-state index >= 15 is 0 Å². The summed E-state index contributed by atoms with van der Waals surface area (Å²) in [5, 5.41) is 30.2. The van der Waals surface area contributed by atoms with E-state index in [4.69, 9.17) is 16.9 Å². The number of rotatable bonds is 2. The molecule has 0 atom stereocenters. The predicted molar refractivity (Wildman–Crippen MR) is 73.9 cm³/mol. The van der Waals surface area contributed by atoms with E-state index in [1.54, 1.807) is 0 Å². The highest BCUT2D eigenvalue weighted by Crippen LogP contribution is 2.23. The number of phenolic OH excluding ortho intramolecular Hbond substituents is 2. The molecule has 0 spiro atoms. The molecule has 2 aromatic carbocycles. The van der Waals surface area contributed by atoms with Crippen LogP contribution in [0.4, 0.5) is 5.69 Å². The minimum atomic E-state index is -0.517. The molecule has 0 aliphatic rings. The quantitative estimate of drug-likeness (QED) is 0.792. The fourth-order valence-corrected chi connectivity index (χ4v) is 1.84. The van der Waals surface area contributed by atoms with Crippen LogP contribution >= 0.6 is 11.6 Å². The zero-order chi connectivity index (χ0) is 14.7. The number of benzene rings is 2. The average molecular weight is 289 g/mol. The summed E-state index contributed by atoms with van der Waals surface area (Å²) in [4.78, 5) is 11.9. The van der Waals surface area contributed by atoms with Gasteiger partial charge in [0.25, 0.3) is 5.91 Å². The molecular formula is C14H9ClN2O3. The molecule has 5 nitrogen and oxygen atoms in total. The summed E-state index contributed by atoms with van der Waals surface area (Å²) >= 11 is 5.86. The summed E-state index contributed by atoms with van der Waals surface area (Å²) in [5.41, 5.74) is 0.810. The largest absolute Gasteiger partial charge is 0.508 e. The number of amides is 1. The van der Waals surface area contributed by atoms with Gasteiger partial charge in [-0.15, -0.1) is 0 Å². The number of phenols is 2.